The number of carbonyl (C=O) groups excluding carboxylic acids is 1. The van der Waals surface area contributed by atoms with Crippen LogP contribution in [-0.2, 0) is 43.1 Å². The number of nitrogens with zero attached hydrogens (tertiary/aromatic N) is 1. The smallest absolute Gasteiger partial charge is 0.326 e. The number of aliphatic carboxylic acids is 1. The van der Waals surface area contributed by atoms with Crippen molar-refractivity contribution in [2.45, 2.75) is 26.8 Å². The van der Waals surface area contributed by atoms with Crippen molar-refractivity contribution in [2.75, 3.05) is 6.54 Å². The van der Waals surface area contributed by atoms with E-state index in [1.807, 2.05) is 0 Å². The van der Waals surface area contributed by atoms with Gasteiger partial charge in [0.15, 0.2) is 0 Å². The molecule has 0 heterocycles. The minimum atomic E-state index is -1.02. The molecule has 0 spiro atoms. The fraction of sp³-hybridized carbons (Fsp3) is 0.556. The first-order chi connectivity index (χ1) is 6.00. The Kier molecular flexibility index (Phi) is 13.4. The number of carboxylic acid groups (broad SMARTS) is 1. The molecule has 0 bridgehead atoms. The predicted octanol–water partition coefficient (Wildman–Crippen LogP) is 0.326. The molecule has 0 saturated heterocycles. The van der Waals surface area contributed by atoms with Gasteiger partial charge in [0.05, 0.1) is 6.54 Å². The zero-order chi connectivity index (χ0) is 10.4. The van der Waals surface area contributed by atoms with Crippen molar-refractivity contribution in [3.05, 3.63) is 0 Å². The van der Waals surface area contributed by atoms with Crippen LogP contribution in [0.3, 0.4) is 0 Å². The van der Waals surface area contributed by atoms with Gasteiger partial charge in [0.2, 0.25) is 5.91 Å². The third-order valence-electron chi connectivity index (χ3n) is 1.66. The van der Waals surface area contributed by atoms with E-state index in [1.165, 1.54) is 18.7 Å². The maximum Gasteiger partial charge on any atom is 0.326 e. The van der Waals surface area contributed by atoms with Crippen LogP contribution in [0.2, 0.25) is 0 Å². The van der Waals surface area contributed by atoms with E-state index in [4.69, 9.17) is 5.11 Å². The Morgan fingerprint density at radius 2 is 1.87 bits per heavy atom. The molecule has 0 aromatic carbocycles. The number of rotatable bonds is 3. The van der Waals surface area contributed by atoms with Gasteiger partial charge in [-0.3, -0.25) is 4.79 Å². The van der Waals surface area contributed by atoms with Crippen LogP contribution in [-0.4, -0.2) is 34.5 Å². The van der Waals surface area contributed by atoms with Gasteiger partial charge < -0.3 is 10.0 Å². The molecule has 4 nitrogen and oxygen atoms in total. The zero-order valence-corrected chi connectivity index (χ0v) is 10.7. The first-order valence-corrected chi connectivity index (χ1v) is 3.90. The molecule has 1 N–H and O–H groups in total. The molecule has 2 radical (unpaired) electrons. The molecule has 1 atom stereocenters. The van der Waals surface area contributed by atoms with Gasteiger partial charge in [0, 0.05) is 40.5 Å². The average Bonchev–Trinajstić information content (AvgIpc) is 2.04. The van der Waals surface area contributed by atoms with Crippen molar-refractivity contribution < 1.29 is 48.3 Å². The minimum Gasteiger partial charge on any atom is -0.480 e. The van der Waals surface area contributed by atoms with E-state index >= 15 is 0 Å². The van der Waals surface area contributed by atoms with Crippen molar-refractivity contribution >= 4 is 11.9 Å². The molecule has 0 aliphatic carbocycles. The molecule has 6 heteroatoms. The monoisotopic (exact) mass is 301 g/mol. The van der Waals surface area contributed by atoms with Crippen LogP contribution in [0.5, 0.6) is 0 Å². The number of hydrogen-bond acceptors (Lipinski definition) is 2. The Balaban J connectivity index is -0.000000720. The normalized spacial score (nSPS) is 9.53. The fourth-order valence-corrected chi connectivity index (χ4v) is 0.819. The van der Waals surface area contributed by atoms with Gasteiger partial charge in [-0.05, 0) is 13.8 Å². The summed E-state index contributed by atoms with van der Waals surface area (Å²) >= 11 is 0. The summed E-state index contributed by atoms with van der Waals surface area (Å²) in [6.45, 7) is 4.60. The van der Waals surface area contributed by atoms with Crippen LogP contribution >= 0.6 is 0 Å². The SMILES string of the molecule is CC#CCN(C(C)=O)C(C)C(=O)O.[Co].[Co]. The summed E-state index contributed by atoms with van der Waals surface area (Å²) in [6.07, 6.45) is 0. The maximum atomic E-state index is 11.0. The Morgan fingerprint density at radius 3 is 2.13 bits per heavy atom. The van der Waals surface area contributed by atoms with Crippen molar-refractivity contribution in [1.29, 1.82) is 0 Å². The summed E-state index contributed by atoms with van der Waals surface area (Å²) in [5.74, 6) is 3.97. The van der Waals surface area contributed by atoms with E-state index in [9.17, 15) is 9.59 Å². The minimum absolute atomic E-state index is 0. The van der Waals surface area contributed by atoms with Crippen LogP contribution in [0.1, 0.15) is 20.8 Å². The van der Waals surface area contributed by atoms with Crippen molar-refractivity contribution in [1.82, 2.24) is 4.90 Å². The van der Waals surface area contributed by atoms with Gasteiger partial charge in [-0.25, -0.2) is 4.79 Å². The molecule has 1 unspecified atom stereocenters. The third-order valence-corrected chi connectivity index (χ3v) is 1.66. The molecule has 90 valence electrons. The Bertz CT molecular complexity index is 270. The molecule has 0 saturated carbocycles. The van der Waals surface area contributed by atoms with Gasteiger partial charge in [0.25, 0.3) is 0 Å². The summed E-state index contributed by atoms with van der Waals surface area (Å²) < 4.78 is 0. The quantitative estimate of drug-likeness (QED) is 0.764. The van der Waals surface area contributed by atoms with E-state index in [1.54, 1.807) is 6.92 Å². The van der Waals surface area contributed by atoms with Crippen LogP contribution in [0.25, 0.3) is 0 Å². The second kappa shape index (κ2) is 10.0. The number of amides is 1. The summed E-state index contributed by atoms with van der Waals surface area (Å²) in [7, 11) is 0. The van der Waals surface area contributed by atoms with E-state index < -0.39 is 12.0 Å². The molecular weight excluding hydrogens is 288 g/mol. The number of carbonyl (C=O) groups is 2. The first-order valence-electron chi connectivity index (χ1n) is 3.90. The molecular formula is C9H13Co2NO3. The Hall–Kier alpha value is -0.487. The largest absolute Gasteiger partial charge is 0.480 e. The molecule has 0 fully saturated rings. The third kappa shape index (κ3) is 7.44. The van der Waals surface area contributed by atoms with E-state index in [0.29, 0.717) is 0 Å². The molecule has 0 aliphatic heterocycles. The van der Waals surface area contributed by atoms with Crippen molar-refractivity contribution in [2.24, 2.45) is 0 Å². The Labute approximate surface area is 110 Å². The van der Waals surface area contributed by atoms with Crippen LogP contribution < -0.4 is 0 Å². The summed E-state index contributed by atoms with van der Waals surface area (Å²) in [4.78, 5) is 22.8. The first kappa shape index (κ1) is 20.0. The van der Waals surface area contributed by atoms with Gasteiger partial charge in [-0.2, -0.15) is 0 Å². The average molecular weight is 301 g/mol. The standard InChI is InChI=1S/C9H13NO3.2Co/c1-4-5-6-10(8(3)11)7(2)9(12)13;;/h7H,6H2,1-3H3,(H,12,13);;. The molecule has 0 aromatic rings. The Morgan fingerprint density at radius 1 is 1.40 bits per heavy atom. The summed E-state index contributed by atoms with van der Waals surface area (Å²) in [5.41, 5.74) is 0. The number of carboxylic acids is 1. The van der Waals surface area contributed by atoms with Gasteiger partial charge in [-0.15, -0.1) is 5.92 Å². The van der Waals surface area contributed by atoms with E-state index in [2.05, 4.69) is 11.8 Å². The molecule has 0 aromatic heterocycles. The molecule has 15 heavy (non-hydrogen) atoms. The second-order valence-electron chi connectivity index (χ2n) is 2.59. The van der Waals surface area contributed by atoms with Crippen molar-refractivity contribution in [3.8, 4) is 11.8 Å². The zero-order valence-electron chi connectivity index (χ0n) is 8.66. The molecule has 0 rings (SSSR count). The second-order valence-corrected chi connectivity index (χ2v) is 2.59. The van der Waals surface area contributed by atoms with Crippen LogP contribution in [0.4, 0.5) is 0 Å². The van der Waals surface area contributed by atoms with E-state index in [0.717, 1.165) is 0 Å². The van der Waals surface area contributed by atoms with Crippen molar-refractivity contribution in [3.63, 3.8) is 0 Å². The molecule has 0 aliphatic rings. The van der Waals surface area contributed by atoms with Gasteiger partial charge >= 0.3 is 5.97 Å². The fourth-order valence-electron chi connectivity index (χ4n) is 0.819. The van der Waals surface area contributed by atoms with Gasteiger partial charge in [0.1, 0.15) is 6.04 Å². The topological polar surface area (TPSA) is 57.6 Å². The number of hydrogen-bond donors (Lipinski definition) is 1. The molecule has 1 amide bonds. The van der Waals surface area contributed by atoms with Gasteiger partial charge in [-0.1, -0.05) is 5.92 Å². The maximum absolute atomic E-state index is 11.0. The van der Waals surface area contributed by atoms with E-state index in [-0.39, 0.29) is 46.0 Å². The summed E-state index contributed by atoms with van der Waals surface area (Å²) in [5, 5.41) is 8.66. The van der Waals surface area contributed by atoms with Crippen LogP contribution in [0, 0.1) is 11.8 Å². The summed E-state index contributed by atoms with van der Waals surface area (Å²) in [6, 6.07) is -0.821. The predicted molar refractivity (Wildman–Crippen MR) is 47.9 cm³/mol. The van der Waals surface area contributed by atoms with Crippen LogP contribution in [0.15, 0.2) is 0 Å².